The molecule has 2 heterocycles. The molecule has 0 radical (unpaired) electrons. The summed E-state index contributed by atoms with van der Waals surface area (Å²) in [6.45, 7) is 1.54. The smallest absolute Gasteiger partial charge is 0.225 e. The van der Waals surface area contributed by atoms with Gasteiger partial charge in [-0.05, 0) is 37.5 Å². The lowest BCUT2D eigenvalue weighted by Gasteiger charge is -2.20. The Hall–Kier alpha value is -1.91. The van der Waals surface area contributed by atoms with E-state index in [1.807, 2.05) is 4.90 Å². The maximum atomic E-state index is 13.3. The Morgan fingerprint density at radius 2 is 2.09 bits per heavy atom. The summed E-state index contributed by atoms with van der Waals surface area (Å²) < 4.78 is 13.3. The predicted octanol–water partition coefficient (Wildman–Crippen LogP) is 3.21. The number of amides is 1. The predicted molar refractivity (Wildman–Crippen MR) is 81.9 cm³/mol. The minimum absolute atomic E-state index is 0.237. The topological polar surface area (TPSA) is 49.0 Å². The molecule has 2 fully saturated rings. The number of nitrogens with one attached hydrogen (secondary N) is 1. The van der Waals surface area contributed by atoms with E-state index in [0.717, 1.165) is 49.2 Å². The molecule has 22 heavy (non-hydrogen) atoms. The molecule has 4 rings (SSSR count). The Kier molecular flexibility index (Phi) is 3.36. The molecule has 1 amide bonds. The van der Waals surface area contributed by atoms with Gasteiger partial charge in [0.1, 0.15) is 11.6 Å². The number of carbonyl (C=O) groups is 1. The third-order valence-corrected chi connectivity index (χ3v) is 5.05. The van der Waals surface area contributed by atoms with Crippen LogP contribution in [0.1, 0.15) is 43.8 Å². The van der Waals surface area contributed by atoms with E-state index in [-0.39, 0.29) is 17.7 Å². The van der Waals surface area contributed by atoms with Crippen molar-refractivity contribution < 1.29 is 9.18 Å². The highest BCUT2D eigenvalue weighted by Gasteiger charge is 2.33. The average Bonchev–Trinajstić information content (AvgIpc) is 3.25. The van der Waals surface area contributed by atoms with Crippen molar-refractivity contribution >= 4 is 16.9 Å². The Morgan fingerprint density at radius 1 is 1.27 bits per heavy atom. The van der Waals surface area contributed by atoms with Crippen LogP contribution in [0.2, 0.25) is 0 Å². The van der Waals surface area contributed by atoms with Crippen molar-refractivity contribution in [3.8, 4) is 0 Å². The zero-order valence-electron chi connectivity index (χ0n) is 12.5. The Labute approximate surface area is 128 Å². The summed E-state index contributed by atoms with van der Waals surface area (Å²) in [5, 5.41) is 0. The van der Waals surface area contributed by atoms with Gasteiger partial charge in [-0.25, -0.2) is 9.37 Å². The molecule has 1 saturated heterocycles. The Morgan fingerprint density at radius 3 is 2.91 bits per heavy atom. The molecule has 1 N–H and O–H groups in total. The normalized spacial score (nSPS) is 22.8. The van der Waals surface area contributed by atoms with Crippen molar-refractivity contribution in [1.82, 2.24) is 14.9 Å². The van der Waals surface area contributed by atoms with E-state index >= 15 is 0 Å². The molecular weight excluding hydrogens is 281 g/mol. The van der Waals surface area contributed by atoms with Gasteiger partial charge in [-0.2, -0.15) is 0 Å². The van der Waals surface area contributed by atoms with Crippen molar-refractivity contribution in [1.29, 1.82) is 0 Å². The highest BCUT2D eigenvalue weighted by molar-refractivity contribution is 5.79. The van der Waals surface area contributed by atoms with E-state index in [4.69, 9.17) is 0 Å². The molecule has 1 aliphatic heterocycles. The summed E-state index contributed by atoms with van der Waals surface area (Å²) in [5.74, 6) is 1.42. The first-order chi connectivity index (χ1) is 10.7. The van der Waals surface area contributed by atoms with Gasteiger partial charge in [0.05, 0.1) is 11.0 Å². The van der Waals surface area contributed by atoms with Crippen molar-refractivity contribution in [2.45, 2.75) is 38.0 Å². The summed E-state index contributed by atoms with van der Waals surface area (Å²) in [4.78, 5) is 22.3. The maximum absolute atomic E-state index is 13.3. The zero-order valence-corrected chi connectivity index (χ0v) is 12.5. The number of nitrogens with zero attached hydrogens (tertiary/aromatic N) is 2. The number of imidazole rings is 1. The third kappa shape index (κ3) is 2.38. The number of H-pyrrole nitrogens is 1. The lowest BCUT2D eigenvalue weighted by atomic mass is 10.1. The molecule has 0 unspecified atom stereocenters. The first-order valence-electron chi connectivity index (χ1n) is 8.14. The van der Waals surface area contributed by atoms with Gasteiger partial charge in [-0.15, -0.1) is 0 Å². The molecule has 1 aromatic heterocycles. The number of halogens is 1. The lowest BCUT2D eigenvalue weighted by molar-refractivity contribution is -0.134. The summed E-state index contributed by atoms with van der Waals surface area (Å²) in [6.07, 6.45) is 5.39. The van der Waals surface area contributed by atoms with E-state index in [2.05, 4.69) is 9.97 Å². The number of hydrogen-bond donors (Lipinski definition) is 1. The van der Waals surface area contributed by atoms with Gasteiger partial charge < -0.3 is 9.88 Å². The fourth-order valence-corrected chi connectivity index (χ4v) is 3.81. The maximum Gasteiger partial charge on any atom is 0.225 e. The highest BCUT2D eigenvalue weighted by atomic mass is 19.1. The van der Waals surface area contributed by atoms with Crippen LogP contribution in [0, 0.1) is 11.7 Å². The number of aromatic amines is 1. The van der Waals surface area contributed by atoms with Crippen LogP contribution < -0.4 is 0 Å². The van der Waals surface area contributed by atoms with Crippen molar-refractivity contribution in [3.05, 3.63) is 29.8 Å². The molecule has 5 heteroatoms. The van der Waals surface area contributed by atoms with Gasteiger partial charge in [0.15, 0.2) is 0 Å². The lowest BCUT2D eigenvalue weighted by Crippen LogP contribution is -2.33. The average molecular weight is 301 g/mol. The van der Waals surface area contributed by atoms with Crippen LogP contribution in [0.5, 0.6) is 0 Å². The van der Waals surface area contributed by atoms with Gasteiger partial charge >= 0.3 is 0 Å². The van der Waals surface area contributed by atoms with E-state index in [0.29, 0.717) is 5.91 Å². The SMILES string of the molecule is O=C(C1CCCC1)N1CC[C@H](c2nc3ccc(F)cc3[nH]2)C1. The van der Waals surface area contributed by atoms with E-state index in [1.165, 1.54) is 25.0 Å². The summed E-state index contributed by atoms with van der Waals surface area (Å²) >= 11 is 0. The second-order valence-electron chi connectivity index (χ2n) is 6.53. The number of benzene rings is 1. The minimum Gasteiger partial charge on any atom is -0.342 e. The molecule has 1 aromatic carbocycles. The number of rotatable bonds is 2. The number of aromatic nitrogens is 2. The van der Waals surface area contributed by atoms with Gasteiger partial charge in [0, 0.05) is 24.9 Å². The summed E-state index contributed by atoms with van der Waals surface area (Å²) in [5.41, 5.74) is 1.52. The minimum atomic E-state index is -0.257. The van der Waals surface area contributed by atoms with Gasteiger partial charge in [-0.1, -0.05) is 12.8 Å². The fourth-order valence-electron chi connectivity index (χ4n) is 3.81. The standard InChI is InChI=1S/C17H20FN3O/c18-13-5-6-14-15(9-13)20-16(19-14)12-7-8-21(10-12)17(22)11-3-1-2-4-11/h5-6,9,11-12H,1-4,7-8,10H2,(H,19,20)/t12-/m0/s1. The molecule has 116 valence electrons. The van der Waals surface area contributed by atoms with Crippen LogP contribution in [-0.4, -0.2) is 33.9 Å². The third-order valence-electron chi connectivity index (χ3n) is 5.05. The summed E-state index contributed by atoms with van der Waals surface area (Å²) in [7, 11) is 0. The second-order valence-corrected chi connectivity index (χ2v) is 6.53. The van der Waals surface area contributed by atoms with Gasteiger partial charge in [0.25, 0.3) is 0 Å². The Balaban J connectivity index is 1.50. The van der Waals surface area contributed by atoms with E-state index in [1.54, 1.807) is 6.07 Å². The van der Waals surface area contributed by atoms with E-state index in [9.17, 15) is 9.18 Å². The second kappa shape index (κ2) is 5.38. The zero-order chi connectivity index (χ0) is 15.1. The molecule has 2 aliphatic rings. The van der Waals surface area contributed by atoms with Crippen LogP contribution in [0.15, 0.2) is 18.2 Å². The molecule has 1 aliphatic carbocycles. The molecule has 1 atom stereocenters. The van der Waals surface area contributed by atoms with Crippen LogP contribution in [0.3, 0.4) is 0 Å². The molecule has 1 saturated carbocycles. The van der Waals surface area contributed by atoms with Gasteiger partial charge in [-0.3, -0.25) is 4.79 Å². The van der Waals surface area contributed by atoms with Crippen molar-refractivity contribution in [2.75, 3.05) is 13.1 Å². The van der Waals surface area contributed by atoms with Gasteiger partial charge in [0.2, 0.25) is 5.91 Å². The summed E-state index contributed by atoms with van der Waals surface area (Å²) in [6, 6.07) is 4.60. The monoisotopic (exact) mass is 301 g/mol. The van der Waals surface area contributed by atoms with Crippen molar-refractivity contribution in [3.63, 3.8) is 0 Å². The number of hydrogen-bond acceptors (Lipinski definition) is 2. The molecule has 0 bridgehead atoms. The highest BCUT2D eigenvalue weighted by Crippen LogP contribution is 2.32. The van der Waals surface area contributed by atoms with E-state index < -0.39 is 0 Å². The van der Waals surface area contributed by atoms with Crippen LogP contribution in [-0.2, 0) is 4.79 Å². The molecule has 4 nitrogen and oxygen atoms in total. The van der Waals surface area contributed by atoms with Crippen LogP contribution in [0.4, 0.5) is 4.39 Å². The quantitative estimate of drug-likeness (QED) is 0.926. The molecule has 0 spiro atoms. The number of fused-ring (bicyclic) bond motifs is 1. The molecular formula is C17H20FN3O. The number of carbonyl (C=O) groups excluding carboxylic acids is 1. The Bertz CT molecular complexity index is 705. The van der Waals surface area contributed by atoms with Crippen LogP contribution in [0.25, 0.3) is 11.0 Å². The fraction of sp³-hybridized carbons (Fsp3) is 0.529. The first kappa shape index (κ1) is 13.7. The molecule has 2 aromatic rings. The van der Waals surface area contributed by atoms with Crippen LogP contribution >= 0.6 is 0 Å². The van der Waals surface area contributed by atoms with Crippen molar-refractivity contribution in [2.24, 2.45) is 5.92 Å². The largest absolute Gasteiger partial charge is 0.342 e. The first-order valence-corrected chi connectivity index (χ1v) is 8.14. The number of likely N-dealkylation sites (tertiary alicyclic amines) is 1.